The molecule has 1 unspecified atom stereocenters. The SMILES string of the molecule is CC(CC=O)c1cc(O)c(O)c(Br)c1. The van der Waals surface area contributed by atoms with Crippen LogP contribution in [0.2, 0.25) is 0 Å². The predicted molar refractivity (Wildman–Crippen MR) is 56.6 cm³/mol. The lowest BCUT2D eigenvalue weighted by molar-refractivity contribution is -0.108. The Hall–Kier alpha value is -1.03. The Morgan fingerprint density at radius 3 is 2.64 bits per heavy atom. The lowest BCUT2D eigenvalue weighted by Gasteiger charge is -2.10. The van der Waals surface area contributed by atoms with Gasteiger partial charge in [-0.3, -0.25) is 0 Å². The van der Waals surface area contributed by atoms with Crippen LogP contribution in [0.3, 0.4) is 0 Å². The molecule has 0 aliphatic heterocycles. The summed E-state index contributed by atoms with van der Waals surface area (Å²) in [6.45, 7) is 1.88. The second kappa shape index (κ2) is 4.46. The average Bonchev–Trinajstić information content (AvgIpc) is 2.13. The van der Waals surface area contributed by atoms with E-state index >= 15 is 0 Å². The molecule has 0 fully saturated rings. The molecule has 14 heavy (non-hydrogen) atoms. The summed E-state index contributed by atoms with van der Waals surface area (Å²) in [5.41, 5.74) is 0.819. The molecule has 0 bridgehead atoms. The van der Waals surface area contributed by atoms with Crippen LogP contribution in [0.1, 0.15) is 24.8 Å². The molecular formula is C10H11BrO3. The molecule has 1 rings (SSSR count). The number of phenols is 2. The van der Waals surface area contributed by atoms with Crippen molar-refractivity contribution >= 4 is 22.2 Å². The van der Waals surface area contributed by atoms with Gasteiger partial charge in [0.2, 0.25) is 0 Å². The number of carbonyl (C=O) groups excluding carboxylic acids is 1. The predicted octanol–water partition coefficient (Wildman–Crippen LogP) is 2.55. The second-order valence-corrected chi connectivity index (χ2v) is 4.03. The Balaban J connectivity index is 3.05. The zero-order valence-electron chi connectivity index (χ0n) is 7.70. The Kier molecular flexibility index (Phi) is 3.52. The van der Waals surface area contributed by atoms with Crippen molar-refractivity contribution in [1.29, 1.82) is 0 Å². The zero-order chi connectivity index (χ0) is 10.7. The fourth-order valence-electron chi connectivity index (χ4n) is 1.17. The van der Waals surface area contributed by atoms with Crippen molar-refractivity contribution in [2.45, 2.75) is 19.3 Å². The number of carbonyl (C=O) groups is 1. The maximum Gasteiger partial charge on any atom is 0.171 e. The normalized spacial score (nSPS) is 12.4. The highest BCUT2D eigenvalue weighted by atomic mass is 79.9. The van der Waals surface area contributed by atoms with E-state index < -0.39 is 0 Å². The molecule has 0 aromatic heterocycles. The first-order valence-electron chi connectivity index (χ1n) is 4.21. The fourth-order valence-corrected chi connectivity index (χ4v) is 1.64. The van der Waals surface area contributed by atoms with E-state index in [0.29, 0.717) is 10.9 Å². The molecular weight excluding hydrogens is 248 g/mol. The molecule has 0 saturated heterocycles. The van der Waals surface area contributed by atoms with E-state index in [-0.39, 0.29) is 17.4 Å². The smallest absolute Gasteiger partial charge is 0.171 e. The summed E-state index contributed by atoms with van der Waals surface area (Å²) in [4.78, 5) is 10.3. The molecule has 1 aromatic rings. The molecule has 0 radical (unpaired) electrons. The first-order chi connectivity index (χ1) is 6.56. The number of aldehydes is 1. The molecule has 4 heteroatoms. The minimum absolute atomic E-state index is 0.0373. The van der Waals surface area contributed by atoms with Crippen LogP contribution < -0.4 is 0 Å². The number of aromatic hydroxyl groups is 2. The van der Waals surface area contributed by atoms with Gasteiger partial charge in [-0.05, 0) is 39.5 Å². The molecule has 76 valence electrons. The number of rotatable bonds is 3. The van der Waals surface area contributed by atoms with Gasteiger partial charge in [0.15, 0.2) is 11.5 Å². The molecule has 2 N–H and O–H groups in total. The van der Waals surface area contributed by atoms with Gasteiger partial charge in [-0.2, -0.15) is 0 Å². The summed E-state index contributed by atoms with van der Waals surface area (Å²) in [5.74, 6) is -0.311. The topological polar surface area (TPSA) is 57.5 Å². The molecule has 0 amide bonds. The highest BCUT2D eigenvalue weighted by Gasteiger charge is 2.11. The first kappa shape index (κ1) is 11.0. The third-order valence-corrected chi connectivity index (χ3v) is 2.69. The van der Waals surface area contributed by atoms with Gasteiger partial charge in [0.1, 0.15) is 6.29 Å². The quantitative estimate of drug-likeness (QED) is 0.647. The third kappa shape index (κ3) is 2.26. The van der Waals surface area contributed by atoms with E-state index in [1.807, 2.05) is 6.92 Å². The zero-order valence-corrected chi connectivity index (χ0v) is 9.28. The van der Waals surface area contributed by atoms with Gasteiger partial charge in [-0.25, -0.2) is 0 Å². The van der Waals surface area contributed by atoms with Crippen LogP contribution in [0.5, 0.6) is 11.5 Å². The number of halogens is 1. The number of hydrogen-bond acceptors (Lipinski definition) is 3. The van der Waals surface area contributed by atoms with E-state index in [2.05, 4.69) is 15.9 Å². The highest BCUT2D eigenvalue weighted by molar-refractivity contribution is 9.10. The molecule has 1 atom stereocenters. The summed E-state index contributed by atoms with van der Waals surface area (Å²) in [6, 6.07) is 3.16. The lowest BCUT2D eigenvalue weighted by Crippen LogP contribution is -1.94. The van der Waals surface area contributed by atoms with Crippen molar-refractivity contribution in [3.63, 3.8) is 0 Å². The van der Waals surface area contributed by atoms with Crippen molar-refractivity contribution in [1.82, 2.24) is 0 Å². The van der Waals surface area contributed by atoms with Crippen molar-refractivity contribution in [2.24, 2.45) is 0 Å². The van der Waals surface area contributed by atoms with E-state index in [0.717, 1.165) is 11.8 Å². The van der Waals surface area contributed by atoms with Crippen LogP contribution >= 0.6 is 15.9 Å². The van der Waals surface area contributed by atoms with E-state index in [1.165, 1.54) is 6.07 Å². The van der Waals surface area contributed by atoms with Gasteiger partial charge in [-0.1, -0.05) is 6.92 Å². The van der Waals surface area contributed by atoms with Crippen LogP contribution in [0.4, 0.5) is 0 Å². The fraction of sp³-hybridized carbons (Fsp3) is 0.300. The second-order valence-electron chi connectivity index (χ2n) is 3.17. The van der Waals surface area contributed by atoms with Gasteiger partial charge in [0, 0.05) is 6.42 Å². The first-order valence-corrected chi connectivity index (χ1v) is 5.00. The van der Waals surface area contributed by atoms with Crippen LogP contribution in [0.15, 0.2) is 16.6 Å². The Bertz CT molecular complexity index is 326. The van der Waals surface area contributed by atoms with Gasteiger partial charge in [-0.15, -0.1) is 0 Å². The van der Waals surface area contributed by atoms with Crippen molar-refractivity contribution in [3.8, 4) is 11.5 Å². The maximum absolute atomic E-state index is 10.3. The monoisotopic (exact) mass is 258 g/mol. The minimum Gasteiger partial charge on any atom is -0.504 e. The summed E-state index contributed by atoms with van der Waals surface area (Å²) < 4.78 is 0.435. The maximum atomic E-state index is 10.3. The standard InChI is InChI=1S/C10H11BrO3/c1-6(2-3-12)7-4-8(11)10(14)9(13)5-7/h3-6,13-14H,2H2,1H3. The van der Waals surface area contributed by atoms with Crippen molar-refractivity contribution in [3.05, 3.63) is 22.2 Å². The van der Waals surface area contributed by atoms with Crippen LogP contribution in [-0.4, -0.2) is 16.5 Å². The molecule has 3 nitrogen and oxygen atoms in total. The minimum atomic E-state index is -0.174. The van der Waals surface area contributed by atoms with Gasteiger partial charge in [0.25, 0.3) is 0 Å². The van der Waals surface area contributed by atoms with E-state index in [1.54, 1.807) is 6.07 Å². The average molecular weight is 259 g/mol. The molecule has 0 saturated carbocycles. The Morgan fingerprint density at radius 2 is 2.14 bits per heavy atom. The van der Waals surface area contributed by atoms with Crippen molar-refractivity contribution in [2.75, 3.05) is 0 Å². The van der Waals surface area contributed by atoms with Crippen LogP contribution in [0, 0.1) is 0 Å². The molecule has 0 aliphatic carbocycles. The highest BCUT2D eigenvalue weighted by Crippen LogP contribution is 2.36. The Labute approximate surface area is 90.5 Å². The Morgan fingerprint density at radius 1 is 1.50 bits per heavy atom. The van der Waals surface area contributed by atoms with Gasteiger partial charge >= 0.3 is 0 Å². The number of phenolic OH excluding ortho intramolecular Hbond substituents is 2. The summed E-state index contributed by atoms with van der Waals surface area (Å²) >= 11 is 3.12. The molecule has 0 heterocycles. The van der Waals surface area contributed by atoms with Gasteiger partial charge < -0.3 is 15.0 Å². The largest absolute Gasteiger partial charge is 0.504 e. The third-order valence-electron chi connectivity index (χ3n) is 2.08. The molecule has 0 aliphatic rings. The summed E-state index contributed by atoms with van der Waals surface area (Å²) in [5, 5.41) is 18.6. The number of benzene rings is 1. The summed E-state index contributed by atoms with van der Waals surface area (Å²) in [6.07, 6.45) is 1.24. The van der Waals surface area contributed by atoms with Crippen LogP contribution in [0.25, 0.3) is 0 Å². The van der Waals surface area contributed by atoms with E-state index in [9.17, 15) is 15.0 Å². The molecule has 1 aromatic carbocycles. The summed E-state index contributed by atoms with van der Waals surface area (Å²) in [7, 11) is 0. The van der Waals surface area contributed by atoms with Crippen molar-refractivity contribution < 1.29 is 15.0 Å². The lowest BCUT2D eigenvalue weighted by atomic mass is 9.98. The van der Waals surface area contributed by atoms with E-state index in [4.69, 9.17) is 0 Å². The van der Waals surface area contributed by atoms with Crippen LogP contribution in [-0.2, 0) is 4.79 Å². The number of hydrogen-bond donors (Lipinski definition) is 2. The van der Waals surface area contributed by atoms with Gasteiger partial charge in [0.05, 0.1) is 4.47 Å². The molecule has 0 spiro atoms.